The Hall–Kier alpha value is -4.08. The molecule has 3 aromatic heterocycles. The molecule has 204 valence electrons. The van der Waals surface area contributed by atoms with Crippen LogP contribution in [0.4, 0.5) is 14.6 Å². The van der Waals surface area contributed by atoms with Crippen LogP contribution in [0.2, 0.25) is 0 Å². The van der Waals surface area contributed by atoms with E-state index in [9.17, 15) is 18.7 Å². The molecule has 1 aliphatic rings. The summed E-state index contributed by atoms with van der Waals surface area (Å²) in [6.07, 6.45) is 7.69. The minimum absolute atomic E-state index is 0.0739. The molecule has 0 aliphatic carbocycles. The third-order valence-electron chi connectivity index (χ3n) is 7.71. The number of hydrogen-bond acceptors (Lipinski definition) is 6. The Bertz CT molecular complexity index is 1490. The van der Waals surface area contributed by atoms with Crippen molar-refractivity contribution in [2.24, 2.45) is 5.41 Å². The van der Waals surface area contributed by atoms with Gasteiger partial charge in [0.05, 0.1) is 29.2 Å². The number of anilines is 1. The summed E-state index contributed by atoms with van der Waals surface area (Å²) in [5.41, 5.74) is 3.83. The number of rotatable bonds is 8. The van der Waals surface area contributed by atoms with Crippen LogP contribution in [0.25, 0.3) is 16.9 Å². The molecule has 39 heavy (non-hydrogen) atoms. The van der Waals surface area contributed by atoms with Crippen LogP contribution < -0.4 is 9.64 Å². The lowest BCUT2D eigenvalue weighted by Crippen LogP contribution is -2.49. The number of piperidine rings is 1. The first kappa shape index (κ1) is 26.5. The molecule has 1 aromatic carbocycles. The van der Waals surface area contributed by atoms with Gasteiger partial charge in [0.2, 0.25) is 0 Å². The van der Waals surface area contributed by atoms with Gasteiger partial charge in [-0.05, 0) is 51.3 Å². The molecule has 0 spiro atoms. The number of hydrogen-bond donors (Lipinski definition) is 1. The number of fused-ring (bicyclic) bond motifs is 1. The summed E-state index contributed by atoms with van der Waals surface area (Å²) in [7, 11) is 0. The highest BCUT2D eigenvalue weighted by molar-refractivity contribution is 5.74. The third kappa shape index (κ3) is 5.28. The molecule has 10 heteroatoms. The highest BCUT2D eigenvalue weighted by Crippen LogP contribution is 2.37. The minimum Gasteiger partial charge on any atom is -0.481 e. The predicted octanol–water partition coefficient (Wildman–Crippen LogP) is 5.76. The van der Waals surface area contributed by atoms with E-state index in [0.29, 0.717) is 37.1 Å². The minimum atomic E-state index is -2.90. The zero-order valence-corrected chi connectivity index (χ0v) is 22.1. The fraction of sp³-hybridized carbons (Fsp3) is 0.379. The highest BCUT2D eigenvalue weighted by Gasteiger charge is 2.41. The number of benzene rings is 1. The number of carbonyl (C=O) groups is 1. The van der Waals surface area contributed by atoms with Crippen molar-refractivity contribution in [3.05, 3.63) is 71.9 Å². The number of pyridine rings is 1. The lowest BCUT2D eigenvalue weighted by molar-refractivity contribution is -0.149. The number of para-hydroxylation sites is 1. The van der Waals surface area contributed by atoms with E-state index < -0.39 is 18.0 Å². The Labute approximate surface area is 225 Å². The zero-order valence-electron chi connectivity index (χ0n) is 22.1. The van der Waals surface area contributed by atoms with Crippen LogP contribution in [0.15, 0.2) is 55.0 Å². The summed E-state index contributed by atoms with van der Waals surface area (Å²) in [6, 6.07) is 10.7. The van der Waals surface area contributed by atoms with Gasteiger partial charge >= 0.3 is 12.6 Å². The van der Waals surface area contributed by atoms with Crippen LogP contribution >= 0.6 is 0 Å². The van der Waals surface area contributed by atoms with Gasteiger partial charge in [0.25, 0.3) is 0 Å². The molecule has 0 saturated carbocycles. The lowest BCUT2D eigenvalue weighted by Gasteiger charge is -2.43. The standard InChI is InChI=1S/C29H31F2N5O3/c1-4-21-14-29(3,27(37)38)11-12-35(21)26-16-32-22(15-33-26)20-9-10-25-34-18(2)23(36(25)17-20)13-19-7-5-6-8-24(19)39-28(30)31/h5-10,15-17,21,28H,4,11-14H2,1-3H3,(H,37,38). The molecule has 1 N–H and O–H groups in total. The van der Waals surface area contributed by atoms with Gasteiger partial charge in [-0.25, -0.2) is 9.97 Å². The van der Waals surface area contributed by atoms with Crippen molar-refractivity contribution in [3.8, 4) is 17.0 Å². The molecule has 1 saturated heterocycles. The second-order valence-electron chi connectivity index (χ2n) is 10.3. The molecule has 4 heterocycles. The van der Waals surface area contributed by atoms with Crippen LogP contribution in [0, 0.1) is 12.3 Å². The number of halogens is 2. The smallest absolute Gasteiger partial charge is 0.387 e. The maximum absolute atomic E-state index is 12.9. The maximum atomic E-state index is 12.9. The van der Waals surface area contributed by atoms with E-state index >= 15 is 0 Å². The van der Waals surface area contributed by atoms with Crippen molar-refractivity contribution in [2.45, 2.75) is 59.1 Å². The van der Waals surface area contributed by atoms with Gasteiger partial charge in [-0.15, -0.1) is 0 Å². The Morgan fingerprint density at radius 2 is 2.00 bits per heavy atom. The second-order valence-corrected chi connectivity index (χ2v) is 10.3. The number of carboxylic acid groups (broad SMARTS) is 1. The molecular weight excluding hydrogens is 504 g/mol. The number of aliphatic carboxylic acids is 1. The Kier molecular flexibility index (Phi) is 7.20. The molecule has 8 nitrogen and oxygen atoms in total. The number of aromatic nitrogens is 4. The van der Waals surface area contributed by atoms with E-state index in [1.807, 2.05) is 36.6 Å². The van der Waals surface area contributed by atoms with Crippen LogP contribution in [0.5, 0.6) is 5.75 Å². The average molecular weight is 536 g/mol. The van der Waals surface area contributed by atoms with Gasteiger partial charge in [0, 0.05) is 42.0 Å². The topological polar surface area (TPSA) is 92.8 Å². The number of ether oxygens (including phenoxy) is 1. The van der Waals surface area contributed by atoms with Crippen molar-refractivity contribution < 1.29 is 23.4 Å². The van der Waals surface area contributed by atoms with Gasteiger partial charge in [-0.2, -0.15) is 8.78 Å². The summed E-state index contributed by atoms with van der Waals surface area (Å²) < 4.78 is 32.5. The third-order valence-corrected chi connectivity index (χ3v) is 7.71. The predicted molar refractivity (Wildman–Crippen MR) is 143 cm³/mol. The number of nitrogens with zero attached hydrogens (tertiary/aromatic N) is 5. The van der Waals surface area contributed by atoms with E-state index in [-0.39, 0.29) is 11.8 Å². The first-order chi connectivity index (χ1) is 18.7. The van der Waals surface area contributed by atoms with Gasteiger partial charge in [0.15, 0.2) is 0 Å². The molecular formula is C29H31F2N5O3. The summed E-state index contributed by atoms with van der Waals surface area (Å²) >= 11 is 0. The molecule has 1 aliphatic heterocycles. The van der Waals surface area contributed by atoms with Crippen LogP contribution in [-0.4, -0.2) is 49.6 Å². The van der Waals surface area contributed by atoms with Crippen molar-refractivity contribution in [1.29, 1.82) is 0 Å². The largest absolute Gasteiger partial charge is 0.481 e. The molecule has 0 radical (unpaired) electrons. The normalized spacial score (nSPS) is 19.5. The second kappa shape index (κ2) is 10.6. The molecule has 2 atom stereocenters. The van der Waals surface area contributed by atoms with Crippen molar-refractivity contribution in [2.75, 3.05) is 11.4 Å². The Morgan fingerprint density at radius 1 is 1.21 bits per heavy atom. The number of alkyl halides is 2. The molecule has 4 aromatic rings. The Morgan fingerprint density at radius 3 is 2.69 bits per heavy atom. The molecule has 0 amide bonds. The van der Waals surface area contributed by atoms with E-state index in [1.165, 1.54) is 6.07 Å². The van der Waals surface area contributed by atoms with E-state index in [0.717, 1.165) is 34.8 Å². The first-order valence-corrected chi connectivity index (χ1v) is 13.0. The van der Waals surface area contributed by atoms with Crippen LogP contribution in [0.1, 0.15) is 50.1 Å². The van der Waals surface area contributed by atoms with Gasteiger partial charge < -0.3 is 19.1 Å². The summed E-state index contributed by atoms with van der Waals surface area (Å²) in [5.74, 6) is 0.122. The quantitative estimate of drug-likeness (QED) is 0.307. The van der Waals surface area contributed by atoms with Gasteiger partial charge in [0.1, 0.15) is 17.2 Å². The molecule has 5 rings (SSSR count). The first-order valence-electron chi connectivity index (χ1n) is 13.0. The summed E-state index contributed by atoms with van der Waals surface area (Å²) in [6.45, 7) is 3.48. The number of imidazole rings is 1. The number of aryl methyl sites for hydroxylation is 1. The van der Waals surface area contributed by atoms with E-state index in [4.69, 9.17) is 4.74 Å². The average Bonchev–Trinajstić information content (AvgIpc) is 3.23. The SMILES string of the molecule is CCC1CC(C)(C(=O)O)CCN1c1cnc(-c2ccc3nc(C)c(Cc4ccccc4OC(F)F)n3c2)cn1. The van der Waals surface area contributed by atoms with Crippen LogP contribution in [0.3, 0.4) is 0 Å². The summed E-state index contributed by atoms with van der Waals surface area (Å²) in [5, 5.41) is 9.67. The Balaban J connectivity index is 1.41. The lowest BCUT2D eigenvalue weighted by atomic mass is 9.76. The van der Waals surface area contributed by atoms with Crippen molar-refractivity contribution in [3.63, 3.8) is 0 Å². The highest BCUT2D eigenvalue weighted by atomic mass is 19.3. The van der Waals surface area contributed by atoms with Crippen LogP contribution in [-0.2, 0) is 11.2 Å². The maximum Gasteiger partial charge on any atom is 0.387 e. The van der Waals surface area contributed by atoms with Gasteiger partial charge in [-0.1, -0.05) is 25.1 Å². The van der Waals surface area contributed by atoms with Gasteiger partial charge in [-0.3, -0.25) is 9.78 Å². The molecule has 2 unspecified atom stereocenters. The van der Waals surface area contributed by atoms with E-state index in [2.05, 4.69) is 26.8 Å². The monoisotopic (exact) mass is 535 g/mol. The fourth-order valence-electron chi connectivity index (χ4n) is 5.38. The number of carboxylic acids is 1. The van der Waals surface area contributed by atoms with Crippen molar-refractivity contribution in [1.82, 2.24) is 19.4 Å². The molecule has 1 fully saturated rings. The van der Waals surface area contributed by atoms with E-state index in [1.54, 1.807) is 30.6 Å². The molecule has 0 bridgehead atoms. The summed E-state index contributed by atoms with van der Waals surface area (Å²) in [4.78, 5) is 27.9. The van der Waals surface area contributed by atoms with Crippen molar-refractivity contribution >= 4 is 17.4 Å². The zero-order chi connectivity index (χ0) is 27.7. The fourth-order valence-corrected chi connectivity index (χ4v) is 5.38.